The van der Waals surface area contributed by atoms with E-state index in [0.717, 1.165) is 18.1 Å². The molecule has 4 heteroatoms. The topological polar surface area (TPSA) is 48.6 Å². The molecule has 0 aromatic carbocycles. The second-order valence-electron chi connectivity index (χ2n) is 3.51. The van der Waals surface area contributed by atoms with Crippen molar-refractivity contribution in [3.8, 4) is 0 Å². The van der Waals surface area contributed by atoms with Crippen molar-refractivity contribution in [3.05, 3.63) is 23.7 Å². The summed E-state index contributed by atoms with van der Waals surface area (Å²) in [5, 5.41) is 11.6. The molecule has 2 N–H and O–H groups in total. The van der Waals surface area contributed by atoms with Gasteiger partial charge in [-0.15, -0.1) is 0 Å². The number of aliphatic hydroxyl groups excluding tert-OH is 1. The minimum Gasteiger partial charge on any atom is -0.463 e. The van der Waals surface area contributed by atoms with Crippen molar-refractivity contribution in [1.29, 1.82) is 0 Å². The number of hydrogen-bond donors (Lipinski definition) is 2. The quantitative estimate of drug-likeness (QED) is 0.651. The zero-order valence-electron chi connectivity index (χ0n) is 8.79. The maximum absolute atomic E-state index is 8.57. The molecular weight excluding hydrogens is 180 g/mol. The van der Waals surface area contributed by atoms with Crippen molar-refractivity contribution in [2.45, 2.75) is 13.1 Å². The van der Waals surface area contributed by atoms with Gasteiger partial charge in [-0.3, -0.25) is 0 Å². The summed E-state index contributed by atoms with van der Waals surface area (Å²) in [5.74, 6) is 1.88. The van der Waals surface area contributed by atoms with Gasteiger partial charge in [-0.1, -0.05) is 0 Å². The van der Waals surface area contributed by atoms with Gasteiger partial charge >= 0.3 is 0 Å². The van der Waals surface area contributed by atoms with Gasteiger partial charge in [0, 0.05) is 6.54 Å². The van der Waals surface area contributed by atoms with Crippen LogP contribution in [-0.4, -0.2) is 37.3 Å². The second kappa shape index (κ2) is 5.80. The van der Waals surface area contributed by atoms with Gasteiger partial charge in [0.05, 0.1) is 19.7 Å². The van der Waals surface area contributed by atoms with Crippen LogP contribution >= 0.6 is 0 Å². The molecule has 0 bridgehead atoms. The maximum Gasteiger partial charge on any atom is 0.118 e. The maximum atomic E-state index is 8.57. The van der Waals surface area contributed by atoms with Crippen molar-refractivity contribution in [3.63, 3.8) is 0 Å². The van der Waals surface area contributed by atoms with E-state index in [0.29, 0.717) is 13.1 Å². The molecule has 14 heavy (non-hydrogen) atoms. The van der Waals surface area contributed by atoms with Crippen molar-refractivity contribution in [2.75, 3.05) is 27.2 Å². The summed E-state index contributed by atoms with van der Waals surface area (Å²) in [5.41, 5.74) is 0. The first-order chi connectivity index (χ1) is 6.72. The molecule has 0 saturated carbocycles. The fourth-order valence-electron chi connectivity index (χ4n) is 1.20. The molecule has 0 atom stereocenters. The van der Waals surface area contributed by atoms with Crippen LogP contribution in [0.15, 0.2) is 16.5 Å². The Kier molecular flexibility index (Phi) is 4.65. The summed E-state index contributed by atoms with van der Waals surface area (Å²) in [6.45, 7) is 2.25. The lowest BCUT2D eigenvalue weighted by Crippen LogP contribution is -2.17. The first kappa shape index (κ1) is 11.2. The molecule has 80 valence electrons. The van der Waals surface area contributed by atoms with Crippen molar-refractivity contribution in [1.82, 2.24) is 10.2 Å². The molecule has 0 unspecified atom stereocenters. The molecule has 1 aromatic heterocycles. The highest BCUT2D eigenvalue weighted by molar-refractivity contribution is 5.06. The molecule has 0 saturated heterocycles. The summed E-state index contributed by atoms with van der Waals surface area (Å²) in [7, 11) is 4.01. The van der Waals surface area contributed by atoms with Crippen molar-refractivity contribution >= 4 is 0 Å². The highest BCUT2D eigenvalue weighted by Gasteiger charge is 2.02. The zero-order chi connectivity index (χ0) is 10.4. The number of rotatable bonds is 6. The Bertz CT molecular complexity index is 258. The van der Waals surface area contributed by atoms with Crippen LogP contribution in [0.4, 0.5) is 0 Å². The van der Waals surface area contributed by atoms with E-state index >= 15 is 0 Å². The number of aliphatic hydroxyl groups is 1. The lowest BCUT2D eigenvalue weighted by atomic mass is 10.4. The van der Waals surface area contributed by atoms with E-state index in [4.69, 9.17) is 9.52 Å². The number of hydrogen-bond acceptors (Lipinski definition) is 4. The molecule has 1 rings (SSSR count). The highest BCUT2D eigenvalue weighted by Crippen LogP contribution is 2.08. The van der Waals surface area contributed by atoms with Gasteiger partial charge in [-0.2, -0.15) is 0 Å². The third kappa shape index (κ3) is 3.91. The Labute approximate surface area is 84.5 Å². The standard InChI is InChI=1S/C10H18N2O2/c1-12(2)8-10-4-3-9(14-10)7-11-5-6-13/h3-4,11,13H,5-8H2,1-2H3. The number of nitrogens with zero attached hydrogens (tertiary/aromatic N) is 1. The van der Waals surface area contributed by atoms with Crippen LogP contribution in [0.2, 0.25) is 0 Å². The molecule has 0 fully saturated rings. The van der Waals surface area contributed by atoms with Gasteiger partial charge in [-0.25, -0.2) is 0 Å². The van der Waals surface area contributed by atoms with Crippen molar-refractivity contribution in [2.24, 2.45) is 0 Å². The third-order valence-corrected chi connectivity index (χ3v) is 1.78. The van der Waals surface area contributed by atoms with E-state index in [-0.39, 0.29) is 6.61 Å². The Morgan fingerprint density at radius 3 is 2.71 bits per heavy atom. The van der Waals surface area contributed by atoms with Gasteiger partial charge in [-0.05, 0) is 26.2 Å². The minimum absolute atomic E-state index is 0.158. The van der Waals surface area contributed by atoms with Crippen LogP contribution in [-0.2, 0) is 13.1 Å². The normalized spacial score (nSPS) is 11.1. The molecule has 0 aliphatic rings. The fourth-order valence-corrected chi connectivity index (χ4v) is 1.20. The Balaban J connectivity index is 2.35. The first-order valence-corrected chi connectivity index (χ1v) is 4.76. The van der Waals surface area contributed by atoms with Crippen molar-refractivity contribution < 1.29 is 9.52 Å². The molecule has 0 amide bonds. The molecule has 0 aliphatic heterocycles. The van der Waals surface area contributed by atoms with Crippen LogP contribution in [0.5, 0.6) is 0 Å². The lowest BCUT2D eigenvalue weighted by Gasteiger charge is -2.05. The Morgan fingerprint density at radius 1 is 1.36 bits per heavy atom. The second-order valence-corrected chi connectivity index (χ2v) is 3.51. The fraction of sp³-hybridized carbons (Fsp3) is 0.600. The zero-order valence-corrected chi connectivity index (χ0v) is 8.79. The van der Waals surface area contributed by atoms with E-state index in [1.54, 1.807) is 0 Å². The van der Waals surface area contributed by atoms with E-state index < -0.39 is 0 Å². The van der Waals surface area contributed by atoms with Gasteiger partial charge in [0.15, 0.2) is 0 Å². The largest absolute Gasteiger partial charge is 0.463 e. The van der Waals surface area contributed by atoms with E-state index in [1.807, 2.05) is 26.2 Å². The van der Waals surface area contributed by atoms with Gasteiger partial charge < -0.3 is 19.7 Å². The average Bonchev–Trinajstić information content (AvgIpc) is 2.52. The van der Waals surface area contributed by atoms with Crippen LogP contribution in [0.3, 0.4) is 0 Å². The monoisotopic (exact) mass is 198 g/mol. The lowest BCUT2D eigenvalue weighted by molar-refractivity contribution is 0.288. The van der Waals surface area contributed by atoms with Gasteiger partial charge in [0.2, 0.25) is 0 Å². The van der Waals surface area contributed by atoms with Crippen LogP contribution in [0.25, 0.3) is 0 Å². The highest BCUT2D eigenvalue weighted by atomic mass is 16.3. The molecule has 0 radical (unpaired) electrons. The number of furan rings is 1. The smallest absolute Gasteiger partial charge is 0.118 e. The minimum atomic E-state index is 0.158. The number of nitrogens with one attached hydrogen (secondary N) is 1. The molecule has 1 heterocycles. The molecular formula is C10H18N2O2. The van der Waals surface area contributed by atoms with E-state index in [1.165, 1.54) is 0 Å². The van der Waals surface area contributed by atoms with Crippen LogP contribution in [0.1, 0.15) is 11.5 Å². The molecule has 0 spiro atoms. The van der Waals surface area contributed by atoms with E-state index in [9.17, 15) is 0 Å². The summed E-state index contributed by atoms with van der Waals surface area (Å²) in [4.78, 5) is 2.06. The summed E-state index contributed by atoms with van der Waals surface area (Å²) >= 11 is 0. The van der Waals surface area contributed by atoms with Gasteiger partial charge in [0.25, 0.3) is 0 Å². The van der Waals surface area contributed by atoms with Gasteiger partial charge in [0.1, 0.15) is 11.5 Å². The average molecular weight is 198 g/mol. The Morgan fingerprint density at radius 2 is 2.07 bits per heavy atom. The predicted molar refractivity (Wildman–Crippen MR) is 54.9 cm³/mol. The van der Waals surface area contributed by atoms with E-state index in [2.05, 4.69) is 10.2 Å². The third-order valence-electron chi connectivity index (χ3n) is 1.78. The van der Waals surface area contributed by atoms with Crippen LogP contribution in [0, 0.1) is 0 Å². The molecule has 1 aromatic rings. The Hall–Kier alpha value is -0.840. The summed E-state index contributed by atoms with van der Waals surface area (Å²) in [6, 6.07) is 3.94. The first-order valence-electron chi connectivity index (χ1n) is 4.76. The predicted octanol–water partition coefficient (Wildman–Crippen LogP) is 0.423. The SMILES string of the molecule is CN(C)Cc1ccc(CNCCO)o1. The summed E-state index contributed by atoms with van der Waals surface area (Å²) < 4.78 is 5.56. The molecule has 4 nitrogen and oxygen atoms in total. The van der Waals surface area contributed by atoms with Crippen LogP contribution < -0.4 is 5.32 Å². The molecule has 0 aliphatic carbocycles. The summed E-state index contributed by atoms with van der Waals surface area (Å²) in [6.07, 6.45) is 0.